The van der Waals surface area contributed by atoms with Crippen LogP contribution in [0.3, 0.4) is 0 Å². The minimum absolute atomic E-state index is 0.0207. The number of cyclic esters (lactones) is 1. The van der Waals surface area contributed by atoms with Gasteiger partial charge in [0.1, 0.15) is 29.3 Å². The van der Waals surface area contributed by atoms with Gasteiger partial charge in [-0.2, -0.15) is 0 Å². The second-order valence-electron chi connectivity index (χ2n) is 22.2. The maximum absolute atomic E-state index is 15.3. The molecule has 1 aromatic carbocycles. The molecule has 442 valence electrons. The van der Waals surface area contributed by atoms with E-state index in [1.165, 1.54) is 63.4 Å². The standard InChI is InChI=1S/C56H81Cl2N3O17S/c1-16-40-56(11)42(47(52(68)78-56)79-20-19-72-39-22-34(17-18-38(39)69-13)50(66)60-43-35(57)25-59-26-36(43)58)29(4)44(63)27(2)23-55(10,71-15)49(77-53-45(64)37(21-28(3)73-53)61(12)33(8)62)30(5)46(31(6)51(67)75-40)76-41-24-54(9,70-14)48(65)32(7)74-41/h17-18,22,25-32,37,40-42,45-49,53,64-65H,16,19-21,23-24H2,1-15H3,(H,59,60,66)/t27-,28-,29-,30+,31-,32+,37+,40-,41+,42+,45-,46+,47?,48+,49-,53+,54-,55-,56-/m1/s1. The van der Waals surface area contributed by atoms with Crippen LogP contribution in [0.15, 0.2) is 30.6 Å². The van der Waals surface area contributed by atoms with Gasteiger partial charge >= 0.3 is 11.9 Å². The summed E-state index contributed by atoms with van der Waals surface area (Å²) < 4.78 is 63.4. The molecule has 0 saturated carbocycles. The molecule has 1 unspecified atom stereocenters. The lowest BCUT2D eigenvalue weighted by atomic mass is 9.70. The number of hydrogen-bond donors (Lipinski definition) is 3. The number of pyridine rings is 1. The molecular weight excluding hydrogens is 1090 g/mol. The summed E-state index contributed by atoms with van der Waals surface area (Å²) in [6, 6.07) is 3.94. The maximum Gasteiger partial charge on any atom is 0.320 e. The number of halogens is 2. The van der Waals surface area contributed by atoms with Crippen molar-refractivity contribution in [1.82, 2.24) is 9.88 Å². The van der Waals surface area contributed by atoms with Crippen LogP contribution in [0, 0.1) is 29.6 Å². The highest BCUT2D eigenvalue weighted by Gasteiger charge is 2.62. The fraction of sp³-hybridized carbons (Fsp3) is 0.714. The Morgan fingerprint density at radius 2 is 1.56 bits per heavy atom. The van der Waals surface area contributed by atoms with E-state index in [0.717, 1.165) is 0 Å². The summed E-state index contributed by atoms with van der Waals surface area (Å²) in [6.45, 7) is 19.0. The molecule has 0 bridgehead atoms. The summed E-state index contributed by atoms with van der Waals surface area (Å²) in [6.07, 6.45) is -5.92. The zero-order chi connectivity index (χ0) is 58.6. The molecular formula is C56H81Cl2N3O17S. The molecule has 23 heteroatoms. The maximum atomic E-state index is 15.3. The van der Waals surface area contributed by atoms with Gasteiger partial charge in [0.25, 0.3) is 5.91 Å². The van der Waals surface area contributed by atoms with Crippen LogP contribution in [-0.4, -0.2) is 174 Å². The highest BCUT2D eigenvalue weighted by atomic mass is 35.5. The number of fused-ring (bicyclic) bond motifs is 1. The topological polar surface area (TPSA) is 246 Å². The number of carbonyl (C=O) groups excluding carboxylic acids is 5. The number of likely N-dealkylation sites (N-methyl/N-ethyl adjacent to an activating group) is 1. The zero-order valence-corrected chi connectivity index (χ0v) is 50.3. The quantitative estimate of drug-likeness (QED) is 0.110. The van der Waals surface area contributed by atoms with E-state index in [9.17, 15) is 24.6 Å². The third kappa shape index (κ3) is 13.8. The number of hydrogen-bond acceptors (Lipinski definition) is 19. The summed E-state index contributed by atoms with van der Waals surface area (Å²) in [5.41, 5.74) is -3.63. The van der Waals surface area contributed by atoms with Crippen LogP contribution in [0.25, 0.3) is 0 Å². The number of amides is 2. The Labute approximate surface area is 478 Å². The molecule has 20 nitrogen and oxygen atoms in total. The lowest BCUT2D eigenvalue weighted by Gasteiger charge is -2.50. The number of thioether (sulfide) groups is 1. The zero-order valence-electron chi connectivity index (χ0n) is 47.9. The van der Waals surface area contributed by atoms with Gasteiger partial charge in [-0.1, -0.05) is 50.9 Å². The molecule has 1 aromatic heterocycles. The van der Waals surface area contributed by atoms with Gasteiger partial charge in [-0.25, -0.2) is 0 Å². The van der Waals surface area contributed by atoms with Crippen LogP contribution in [0.2, 0.25) is 10.0 Å². The highest BCUT2D eigenvalue weighted by Crippen LogP contribution is 2.50. The molecule has 0 radical (unpaired) electrons. The first-order chi connectivity index (χ1) is 37.1. The fourth-order valence-electron chi connectivity index (χ4n) is 12.0. The van der Waals surface area contributed by atoms with Crippen LogP contribution < -0.4 is 14.8 Å². The molecule has 0 aliphatic carbocycles. The van der Waals surface area contributed by atoms with E-state index in [2.05, 4.69) is 10.3 Å². The minimum Gasteiger partial charge on any atom is -0.493 e. The number of methoxy groups -OCH3 is 3. The number of aliphatic hydroxyl groups excluding tert-OH is 2. The number of aliphatic hydroxyl groups is 2. The summed E-state index contributed by atoms with van der Waals surface area (Å²) in [5.74, 6) is -6.00. The number of nitrogens with zero attached hydrogens (tertiary/aromatic N) is 2. The van der Waals surface area contributed by atoms with Crippen LogP contribution in [0.1, 0.15) is 112 Å². The Bertz CT molecular complexity index is 2480. The van der Waals surface area contributed by atoms with Gasteiger partial charge in [0.05, 0.1) is 77.0 Å². The molecule has 19 atom stereocenters. The molecule has 4 aliphatic rings. The first-order valence-electron chi connectivity index (χ1n) is 26.9. The van der Waals surface area contributed by atoms with Crippen molar-refractivity contribution >= 4 is 70.2 Å². The second kappa shape index (κ2) is 26.6. The molecule has 4 aliphatic heterocycles. The van der Waals surface area contributed by atoms with Gasteiger partial charge in [-0.05, 0) is 79.0 Å². The van der Waals surface area contributed by atoms with Crippen molar-refractivity contribution in [3.8, 4) is 11.5 Å². The number of ketones is 1. The largest absolute Gasteiger partial charge is 0.493 e. The first-order valence-corrected chi connectivity index (χ1v) is 28.7. The average molecular weight is 1170 g/mol. The normalized spacial score (nSPS) is 37.5. The smallest absolute Gasteiger partial charge is 0.320 e. The Morgan fingerprint density at radius 3 is 2.16 bits per heavy atom. The minimum atomic E-state index is -1.52. The number of Topliss-reactive ketones (excluding diaryl/α,β-unsaturated/α-hetero) is 1. The molecule has 2 aromatic rings. The van der Waals surface area contributed by atoms with Crippen molar-refractivity contribution in [2.24, 2.45) is 29.6 Å². The van der Waals surface area contributed by atoms with E-state index in [1.54, 1.807) is 74.6 Å². The molecule has 2 amide bonds. The molecule has 0 spiro atoms. The predicted molar refractivity (Wildman–Crippen MR) is 294 cm³/mol. The average Bonchev–Trinajstić information content (AvgIpc) is 3.77. The molecule has 5 heterocycles. The number of rotatable bonds is 16. The van der Waals surface area contributed by atoms with Crippen molar-refractivity contribution in [2.45, 2.75) is 185 Å². The third-order valence-electron chi connectivity index (χ3n) is 16.8. The SMILES string of the molecule is CC[C@H]1OC(=O)[C@H](C)[C@@H](O[C@H]2C[C@@](C)(OC)[C@@H](O)[C@H](C)O2)[C@H](C)[C@@H](O[C@@H]2O[C@H](C)C[C@H](N(C)C(C)=O)[C@H]2O)[C@](C)(OC)C[C@@H](C)C(=O)[C@H](C)[C@H]2C(SCCOc3cc(C(=O)Nc4c(Cl)cncc4Cl)ccc3OC)C(=O)O[C@@]21C. The first kappa shape index (κ1) is 64.3. The van der Waals surface area contributed by atoms with Crippen molar-refractivity contribution in [2.75, 3.05) is 46.1 Å². The van der Waals surface area contributed by atoms with Crippen molar-refractivity contribution in [3.63, 3.8) is 0 Å². The molecule has 79 heavy (non-hydrogen) atoms. The van der Waals surface area contributed by atoms with Gasteiger partial charge in [-0.3, -0.25) is 29.0 Å². The van der Waals surface area contributed by atoms with Crippen molar-refractivity contribution in [1.29, 1.82) is 0 Å². The number of aromatic nitrogens is 1. The van der Waals surface area contributed by atoms with E-state index in [-0.39, 0.29) is 70.4 Å². The number of benzene rings is 1. The summed E-state index contributed by atoms with van der Waals surface area (Å²) in [5, 5.41) is 25.2. The molecule has 3 N–H and O–H groups in total. The Balaban J connectivity index is 1.35. The van der Waals surface area contributed by atoms with E-state index >= 15 is 9.59 Å². The Hall–Kier alpha value is -3.87. The van der Waals surface area contributed by atoms with Crippen molar-refractivity contribution in [3.05, 3.63) is 46.2 Å². The van der Waals surface area contributed by atoms with Crippen molar-refractivity contribution < 1.29 is 81.6 Å². The van der Waals surface area contributed by atoms with E-state index < -0.39 is 131 Å². The van der Waals surface area contributed by atoms with Crippen LogP contribution in [0.5, 0.6) is 11.5 Å². The summed E-state index contributed by atoms with van der Waals surface area (Å²) >= 11 is 13.7. The van der Waals surface area contributed by atoms with Crippen LogP contribution in [-0.2, 0) is 57.1 Å². The van der Waals surface area contributed by atoms with Gasteiger partial charge in [0.2, 0.25) is 5.91 Å². The molecule has 4 saturated heterocycles. The second-order valence-corrected chi connectivity index (χ2v) is 24.3. The number of anilines is 1. The van der Waals surface area contributed by atoms with E-state index in [0.29, 0.717) is 12.2 Å². The van der Waals surface area contributed by atoms with Crippen LogP contribution >= 0.6 is 35.0 Å². The summed E-state index contributed by atoms with van der Waals surface area (Å²) in [4.78, 5) is 76.2. The molecule has 6 rings (SSSR count). The number of carbonyl (C=O) groups is 5. The van der Waals surface area contributed by atoms with Gasteiger partial charge in [0.15, 0.2) is 29.7 Å². The molecule has 4 fully saturated rings. The predicted octanol–water partition coefficient (Wildman–Crippen LogP) is 7.32. The number of nitrogens with one attached hydrogen (secondary N) is 1. The summed E-state index contributed by atoms with van der Waals surface area (Å²) in [7, 11) is 6.03. The Morgan fingerprint density at radius 1 is 0.899 bits per heavy atom. The Kier molecular flexibility index (Phi) is 21.6. The number of esters is 2. The van der Waals surface area contributed by atoms with Gasteiger partial charge in [-0.15, -0.1) is 11.8 Å². The highest BCUT2D eigenvalue weighted by molar-refractivity contribution is 8.00. The fourth-order valence-corrected chi connectivity index (χ4v) is 13.8. The lowest BCUT2D eigenvalue weighted by Crippen LogP contribution is -2.61. The van der Waals surface area contributed by atoms with E-state index in [1.807, 2.05) is 13.8 Å². The number of ether oxygens (including phenoxy) is 10. The lowest BCUT2D eigenvalue weighted by molar-refractivity contribution is -0.319. The third-order valence-corrected chi connectivity index (χ3v) is 18.6. The van der Waals surface area contributed by atoms with Gasteiger partial charge < -0.3 is 67.8 Å². The van der Waals surface area contributed by atoms with Crippen LogP contribution in [0.4, 0.5) is 5.69 Å². The van der Waals surface area contributed by atoms with E-state index in [4.69, 9.17) is 70.6 Å². The monoisotopic (exact) mass is 1170 g/mol. The van der Waals surface area contributed by atoms with Gasteiger partial charge in [0, 0.05) is 82.0 Å².